The van der Waals surface area contributed by atoms with Crippen LogP contribution in [0, 0.1) is 0 Å². The van der Waals surface area contributed by atoms with Crippen molar-refractivity contribution in [3.63, 3.8) is 0 Å². The molecule has 2 N–H and O–H groups in total. The molecule has 2 aliphatic heterocycles. The van der Waals surface area contributed by atoms with Crippen molar-refractivity contribution in [2.45, 2.75) is 19.5 Å². The molecule has 0 radical (unpaired) electrons. The first-order valence-corrected chi connectivity index (χ1v) is 9.41. The summed E-state index contributed by atoms with van der Waals surface area (Å²) in [4.78, 5) is 12.5. The molecule has 7 nitrogen and oxygen atoms in total. The highest BCUT2D eigenvalue weighted by atomic mass is 79.9. The fourth-order valence-corrected chi connectivity index (χ4v) is 3.30. The predicted molar refractivity (Wildman–Crippen MR) is 103 cm³/mol. The monoisotopic (exact) mass is 434 g/mol. The quantitative estimate of drug-likeness (QED) is 0.752. The standard InChI is InChI=1S/C19H19BrN2O5/c1-11(22-14-8-18-17(7-13(14)20)24-4-5-25-18)19(23)21-9-12-2-3-15-16(6-12)27-10-26-15/h2-3,6-8,11,22H,4-5,9-10H2,1H3,(H,21,23)/t11-/m0/s1. The van der Waals surface area contributed by atoms with E-state index in [4.69, 9.17) is 18.9 Å². The van der Waals surface area contributed by atoms with Crippen molar-refractivity contribution in [2.24, 2.45) is 0 Å². The average Bonchev–Trinajstić information content (AvgIpc) is 3.14. The van der Waals surface area contributed by atoms with Crippen LogP contribution in [-0.2, 0) is 11.3 Å². The number of carbonyl (C=O) groups is 1. The SMILES string of the molecule is C[C@H](Nc1cc2c(cc1Br)OCCO2)C(=O)NCc1ccc2c(c1)OCO2. The lowest BCUT2D eigenvalue weighted by molar-refractivity contribution is -0.121. The predicted octanol–water partition coefficient (Wildman–Crippen LogP) is 3.07. The van der Waals surface area contributed by atoms with Crippen molar-refractivity contribution >= 4 is 27.5 Å². The molecule has 2 heterocycles. The Morgan fingerprint density at radius 2 is 1.74 bits per heavy atom. The largest absolute Gasteiger partial charge is 0.486 e. The topological polar surface area (TPSA) is 78.1 Å². The molecule has 8 heteroatoms. The minimum Gasteiger partial charge on any atom is -0.486 e. The van der Waals surface area contributed by atoms with Crippen LogP contribution in [0.5, 0.6) is 23.0 Å². The van der Waals surface area contributed by atoms with Crippen molar-refractivity contribution in [1.29, 1.82) is 0 Å². The van der Waals surface area contributed by atoms with Gasteiger partial charge in [0.1, 0.15) is 19.3 Å². The molecular formula is C19H19BrN2O5. The number of hydrogen-bond acceptors (Lipinski definition) is 6. The summed E-state index contributed by atoms with van der Waals surface area (Å²) >= 11 is 3.50. The molecule has 2 aromatic carbocycles. The van der Waals surface area contributed by atoms with Gasteiger partial charge in [-0.25, -0.2) is 0 Å². The number of fused-ring (bicyclic) bond motifs is 2. The van der Waals surface area contributed by atoms with Gasteiger partial charge in [-0.3, -0.25) is 4.79 Å². The van der Waals surface area contributed by atoms with Crippen LogP contribution < -0.4 is 29.6 Å². The number of nitrogens with one attached hydrogen (secondary N) is 2. The molecule has 0 aromatic heterocycles. The van der Waals surface area contributed by atoms with E-state index in [0.717, 1.165) is 21.5 Å². The maximum absolute atomic E-state index is 12.5. The summed E-state index contributed by atoms with van der Waals surface area (Å²) in [6, 6.07) is 8.87. The van der Waals surface area contributed by atoms with Crippen molar-refractivity contribution in [3.8, 4) is 23.0 Å². The lowest BCUT2D eigenvalue weighted by Gasteiger charge is -2.22. The summed E-state index contributed by atoms with van der Waals surface area (Å²) < 4.78 is 22.6. The number of rotatable bonds is 5. The summed E-state index contributed by atoms with van der Waals surface area (Å²) in [6.07, 6.45) is 0. The molecule has 0 spiro atoms. The Kier molecular flexibility index (Phi) is 4.98. The fourth-order valence-electron chi connectivity index (χ4n) is 2.87. The van der Waals surface area contributed by atoms with Gasteiger partial charge < -0.3 is 29.6 Å². The van der Waals surface area contributed by atoms with Gasteiger partial charge in [-0.1, -0.05) is 6.07 Å². The Morgan fingerprint density at radius 1 is 1.04 bits per heavy atom. The Morgan fingerprint density at radius 3 is 2.56 bits per heavy atom. The van der Waals surface area contributed by atoms with Gasteiger partial charge in [0, 0.05) is 23.2 Å². The molecule has 0 bridgehead atoms. The number of carbonyl (C=O) groups excluding carboxylic acids is 1. The third-order valence-corrected chi connectivity index (χ3v) is 4.96. The first-order chi connectivity index (χ1) is 13.1. The molecule has 1 amide bonds. The number of amides is 1. The zero-order chi connectivity index (χ0) is 18.8. The fraction of sp³-hybridized carbons (Fsp3) is 0.316. The Hall–Kier alpha value is -2.61. The molecule has 0 unspecified atom stereocenters. The highest BCUT2D eigenvalue weighted by Gasteiger charge is 2.19. The number of anilines is 1. The van der Waals surface area contributed by atoms with E-state index in [-0.39, 0.29) is 12.7 Å². The summed E-state index contributed by atoms with van der Waals surface area (Å²) in [5, 5.41) is 6.12. The second kappa shape index (κ2) is 7.56. The van der Waals surface area contributed by atoms with E-state index < -0.39 is 6.04 Å². The molecule has 0 saturated carbocycles. The second-order valence-electron chi connectivity index (χ2n) is 6.25. The molecule has 2 aliphatic rings. The number of halogens is 1. The summed E-state index contributed by atoms with van der Waals surface area (Å²) in [7, 11) is 0. The maximum atomic E-state index is 12.5. The highest BCUT2D eigenvalue weighted by molar-refractivity contribution is 9.10. The molecule has 2 aromatic rings. The average molecular weight is 435 g/mol. The van der Waals surface area contributed by atoms with Crippen molar-refractivity contribution in [2.75, 3.05) is 25.3 Å². The molecular weight excluding hydrogens is 416 g/mol. The van der Waals surface area contributed by atoms with Gasteiger partial charge in [0.05, 0.1) is 5.69 Å². The third-order valence-electron chi connectivity index (χ3n) is 4.30. The van der Waals surface area contributed by atoms with E-state index in [0.29, 0.717) is 37.0 Å². The minimum atomic E-state index is -0.433. The Bertz CT molecular complexity index is 873. The highest BCUT2D eigenvalue weighted by Crippen LogP contribution is 2.38. The van der Waals surface area contributed by atoms with Crippen LogP contribution in [0.15, 0.2) is 34.8 Å². The van der Waals surface area contributed by atoms with Gasteiger partial charge in [-0.15, -0.1) is 0 Å². The van der Waals surface area contributed by atoms with Gasteiger partial charge in [0.25, 0.3) is 0 Å². The zero-order valence-electron chi connectivity index (χ0n) is 14.7. The van der Waals surface area contributed by atoms with E-state index in [1.807, 2.05) is 30.3 Å². The normalized spacial score (nSPS) is 15.2. The van der Waals surface area contributed by atoms with Crippen LogP contribution in [0.25, 0.3) is 0 Å². The van der Waals surface area contributed by atoms with Crippen molar-refractivity contribution < 1.29 is 23.7 Å². The van der Waals surface area contributed by atoms with E-state index in [1.165, 1.54) is 0 Å². The van der Waals surface area contributed by atoms with Crippen LogP contribution in [-0.4, -0.2) is 32.0 Å². The van der Waals surface area contributed by atoms with Crippen molar-refractivity contribution in [1.82, 2.24) is 5.32 Å². The van der Waals surface area contributed by atoms with Gasteiger partial charge >= 0.3 is 0 Å². The Labute approximate surface area is 165 Å². The van der Waals surface area contributed by atoms with Gasteiger partial charge in [-0.05, 0) is 40.5 Å². The molecule has 0 saturated heterocycles. The van der Waals surface area contributed by atoms with Crippen LogP contribution >= 0.6 is 15.9 Å². The lowest BCUT2D eigenvalue weighted by Crippen LogP contribution is -2.37. The molecule has 142 valence electrons. The Balaban J connectivity index is 1.37. The van der Waals surface area contributed by atoms with Crippen LogP contribution in [0.2, 0.25) is 0 Å². The van der Waals surface area contributed by atoms with E-state index in [2.05, 4.69) is 26.6 Å². The lowest BCUT2D eigenvalue weighted by atomic mass is 10.2. The van der Waals surface area contributed by atoms with Crippen LogP contribution in [0.1, 0.15) is 12.5 Å². The molecule has 0 fully saturated rings. The van der Waals surface area contributed by atoms with E-state index >= 15 is 0 Å². The number of hydrogen-bond donors (Lipinski definition) is 2. The third kappa shape index (κ3) is 3.90. The first kappa shape index (κ1) is 17.8. The van der Waals surface area contributed by atoms with Gasteiger partial charge in [-0.2, -0.15) is 0 Å². The first-order valence-electron chi connectivity index (χ1n) is 8.62. The van der Waals surface area contributed by atoms with E-state index in [9.17, 15) is 4.79 Å². The minimum absolute atomic E-state index is 0.116. The van der Waals surface area contributed by atoms with E-state index in [1.54, 1.807) is 6.92 Å². The van der Waals surface area contributed by atoms with Gasteiger partial charge in [0.2, 0.25) is 12.7 Å². The smallest absolute Gasteiger partial charge is 0.242 e. The second-order valence-corrected chi connectivity index (χ2v) is 7.10. The van der Waals surface area contributed by atoms with Gasteiger partial charge in [0.15, 0.2) is 23.0 Å². The molecule has 4 rings (SSSR count). The number of benzene rings is 2. The molecule has 1 atom stereocenters. The summed E-state index contributed by atoms with van der Waals surface area (Å²) in [5.41, 5.74) is 1.71. The number of ether oxygens (including phenoxy) is 4. The molecule has 0 aliphatic carbocycles. The molecule has 27 heavy (non-hydrogen) atoms. The summed E-state index contributed by atoms with van der Waals surface area (Å²) in [5.74, 6) is 2.67. The van der Waals surface area contributed by atoms with Crippen molar-refractivity contribution in [3.05, 3.63) is 40.4 Å². The zero-order valence-corrected chi connectivity index (χ0v) is 16.3. The van der Waals surface area contributed by atoms with Crippen LogP contribution in [0.3, 0.4) is 0 Å². The van der Waals surface area contributed by atoms with Crippen LogP contribution in [0.4, 0.5) is 5.69 Å². The maximum Gasteiger partial charge on any atom is 0.242 e. The summed E-state index contributed by atoms with van der Waals surface area (Å²) in [6.45, 7) is 3.49.